The molecule has 1 aromatic carbocycles. The van der Waals surface area contributed by atoms with Crippen LogP contribution in [0, 0.1) is 0 Å². The van der Waals surface area contributed by atoms with Crippen molar-refractivity contribution in [1.82, 2.24) is 19.9 Å². The minimum Gasteiger partial charge on any atom is -0.497 e. The molecule has 0 bridgehead atoms. The summed E-state index contributed by atoms with van der Waals surface area (Å²) in [5.74, 6) is 1.63. The number of benzene rings is 1. The Morgan fingerprint density at radius 2 is 2.16 bits per heavy atom. The topological polar surface area (TPSA) is 61.6 Å². The highest BCUT2D eigenvalue weighted by atomic mass is 79.9. The van der Waals surface area contributed by atoms with Crippen molar-refractivity contribution in [2.24, 2.45) is 7.05 Å². The molecule has 1 fully saturated rings. The van der Waals surface area contributed by atoms with Crippen molar-refractivity contribution in [3.05, 3.63) is 55.9 Å². The number of halogens is 1. The molecule has 1 spiro atoms. The molecule has 1 saturated heterocycles. The predicted octanol–water partition coefficient (Wildman–Crippen LogP) is 4.46. The second-order valence-corrected chi connectivity index (χ2v) is 10.9. The minimum atomic E-state index is -0.271. The Morgan fingerprint density at radius 1 is 1.28 bits per heavy atom. The maximum atomic E-state index is 6.55. The standard InChI is InChI=1S/C23H27BrN4O3S/c1-27-14-18(25-26-27)19-12-23(22-15(6-9-31-23)10-21(24)32-22)7-8-28(19)13-16-4-5-17(29-2)11-20(16)30-3/h4-5,10-11,14,19H,6-9,12-13H2,1-3H3. The first-order valence-corrected chi connectivity index (χ1v) is 12.4. The zero-order chi connectivity index (χ0) is 22.3. The molecule has 9 heteroatoms. The smallest absolute Gasteiger partial charge is 0.127 e. The van der Waals surface area contributed by atoms with E-state index >= 15 is 0 Å². The number of hydrogen-bond acceptors (Lipinski definition) is 7. The summed E-state index contributed by atoms with van der Waals surface area (Å²) in [6, 6.07) is 8.37. The fourth-order valence-electron chi connectivity index (χ4n) is 4.95. The lowest BCUT2D eigenvalue weighted by Gasteiger charge is -2.47. The van der Waals surface area contributed by atoms with Gasteiger partial charge in [-0.25, -0.2) is 0 Å². The van der Waals surface area contributed by atoms with Gasteiger partial charge in [-0.1, -0.05) is 11.3 Å². The van der Waals surface area contributed by atoms with E-state index in [2.05, 4.69) is 43.3 Å². The molecule has 4 heterocycles. The Labute approximate surface area is 200 Å². The summed E-state index contributed by atoms with van der Waals surface area (Å²) in [5, 5.41) is 8.72. The van der Waals surface area contributed by atoms with Crippen LogP contribution in [0.3, 0.4) is 0 Å². The summed E-state index contributed by atoms with van der Waals surface area (Å²) in [7, 11) is 5.29. The molecular weight excluding hydrogens is 492 g/mol. The van der Waals surface area contributed by atoms with Gasteiger partial charge in [0.25, 0.3) is 0 Å². The Kier molecular flexibility index (Phi) is 6.00. The van der Waals surface area contributed by atoms with Crippen LogP contribution < -0.4 is 9.47 Å². The van der Waals surface area contributed by atoms with Crippen LogP contribution in [0.1, 0.15) is 40.6 Å². The van der Waals surface area contributed by atoms with E-state index in [0.29, 0.717) is 0 Å². The Balaban J connectivity index is 1.49. The molecule has 170 valence electrons. The molecule has 0 aliphatic carbocycles. The second-order valence-electron chi connectivity index (χ2n) is 8.43. The van der Waals surface area contributed by atoms with Crippen LogP contribution >= 0.6 is 27.3 Å². The first kappa shape index (κ1) is 21.9. The van der Waals surface area contributed by atoms with E-state index in [1.54, 1.807) is 18.9 Å². The number of aryl methyl sites for hydroxylation is 1. The fraction of sp³-hybridized carbons (Fsp3) is 0.478. The number of piperidine rings is 1. The summed E-state index contributed by atoms with van der Waals surface area (Å²) in [6.45, 7) is 2.41. The third kappa shape index (κ3) is 3.96. The lowest BCUT2D eigenvalue weighted by molar-refractivity contribution is -0.114. The van der Waals surface area contributed by atoms with Gasteiger partial charge in [0.05, 0.1) is 36.3 Å². The van der Waals surface area contributed by atoms with E-state index < -0.39 is 0 Å². The first-order chi connectivity index (χ1) is 15.5. The van der Waals surface area contributed by atoms with E-state index in [1.165, 1.54) is 14.2 Å². The van der Waals surface area contributed by atoms with Gasteiger partial charge >= 0.3 is 0 Å². The van der Waals surface area contributed by atoms with Crippen LogP contribution in [-0.4, -0.2) is 47.3 Å². The molecule has 2 aliphatic rings. The highest BCUT2D eigenvalue weighted by Crippen LogP contribution is 2.51. The number of aromatic nitrogens is 3. The number of hydrogen-bond donors (Lipinski definition) is 0. The fourth-order valence-corrected chi connectivity index (χ4v) is 6.83. The number of rotatable bonds is 5. The number of thiophene rings is 1. The van der Waals surface area contributed by atoms with Gasteiger partial charge in [-0.3, -0.25) is 9.58 Å². The van der Waals surface area contributed by atoms with Gasteiger partial charge < -0.3 is 14.2 Å². The zero-order valence-electron chi connectivity index (χ0n) is 18.5. The van der Waals surface area contributed by atoms with Crippen LogP contribution in [0.4, 0.5) is 0 Å². The largest absolute Gasteiger partial charge is 0.497 e. The Morgan fingerprint density at radius 3 is 2.91 bits per heavy atom. The SMILES string of the molecule is COc1ccc(CN2CCC3(CC2c2cn(C)nn2)OCCc2cc(Br)sc23)c(OC)c1. The molecule has 0 radical (unpaired) electrons. The summed E-state index contributed by atoms with van der Waals surface area (Å²) < 4.78 is 20.5. The van der Waals surface area contributed by atoms with E-state index in [0.717, 1.165) is 61.7 Å². The monoisotopic (exact) mass is 518 g/mol. The lowest BCUT2D eigenvalue weighted by atomic mass is 9.80. The number of fused-ring (bicyclic) bond motifs is 2. The van der Waals surface area contributed by atoms with Crippen molar-refractivity contribution in [1.29, 1.82) is 0 Å². The average molecular weight is 519 g/mol. The molecule has 2 aliphatic heterocycles. The normalized spacial score (nSPS) is 23.3. The third-order valence-corrected chi connectivity index (χ3v) is 8.40. The van der Waals surface area contributed by atoms with Crippen molar-refractivity contribution in [2.45, 2.75) is 37.5 Å². The minimum absolute atomic E-state index is 0.0936. The summed E-state index contributed by atoms with van der Waals surface area (Å²) in [6.07, 6.45) is 4.80. The Hall–Kier alpha value is -1.94. The lowest BCUT2D eigenvalue weighted by Crippen LogP contribution is -2.47. The summed E-state index contributed by atoms with van der Waals surface area (Å²) in [4.78, 5) is 3.84. The zero-order valence-corrected chi connectivity index (χ0v) is 20.9. The first-order valence-electron chi connectivity index (χ1n) is 10.7. The van der Waals surface area contributed by atoms with Crippen LogP contribution in [0.5, 0.6) is 11.5 Å². The van der Waals surface area contributed by atoms with Gasteiger partial charge in [0.1, 0.15) is 17.1 Å². The van der Waals surface area contributed by atoms with E-state index in [1.807, 2.05) is 36.7 Å². The second kappa shape index (κ2) is 8.78. The van der Waals surface area contributed by atoms with Gasteiger partial charge in [0.15, 0.2) is 0 Å². The average Bonchev–Trinajstić information content (AvgIpc) is 3.41. The number of ether oxygens (including phenoxy) is 3. The molecule has 5 rings (SSSR count). The molecular formula is C23H27BrN4O3S. The van der Waals surface area contributed by atoms with Gasteiger partial charge in [-0.05, 0) is 46.5 Å². The molecule has 2 unspecified atom stereocenters. The van der Waals surface area contributed by atoms with E-state index in [9.17, 15) is 0 Å². The molecule has 0 N–H and O–H groups in total. The Bertz CT molecular complexity index is 1120. The van der Waals surface area contributed by atoms with Gasteiger partial charge in [-0.15, -0.1) is 16.4 Å². The molecule has 0 saturated carbocycles. The molecule has 32 heavy (non-hydrogen) atoms. The number of nitrogens with zero attached hydrogens (tertiary/aromatic N) is 4. The van der Waals surface area contributed by atoms with Crippen LogP contribution in [-0.2, 0) is 30.4 Å². The maximum absolute atomic E-state index is 6.55. The maximum Gasteiger partial charge on any atom is 0.127 e. The molecule has 7 nitrogen and oxygen atoms in total. The van der Waals surface area contributed by atoms with Crippen molar-refractivity contribution in [2.75, 3.05) is 27.4 Å². The van der Waals surface area contributed by atoms with Crippen molar-refractivity contribution < 1.29 is 14.2 Å². The van der Waals surface area contributed by atoms with Gasteiger partial charge in [-0.2, -0.15) is 0 Å². The summed E-state index contributed by atoms with van der Waals surface area (Å²) >= 11 is 5.50. The summed E-state index contributed by atoms with van der Waals surface area (Å²) in [5.41, 5.74) is 3.25. The van der Waals surface area contributed by atoms with Crippen LogP contribution in [0.25, 0.3) is 0 Å². The van der Waals surface area contributed by atoms with Gasteiger partial charge in [0.2, 0.25) is 0 Å². The van der Waals surface area contributed by atoms with Gasteiger partial charge in [0, 0.05) is 49.3 Å². The van der Waals surface area contributed by atoms with E-state index in [4.69, 9.17) is 14.2 Å². The molecule has 2 aromatic heterocycles. The van der Waals surface area contributed by atoms with Crippen molar-refractivity contribution in [3.63, 3.8) is 0 Å². The third-order valence-electron chi connectivity index (χ3n) is 6.54. The highest BCUT2D eigenvalue weighted by molar-refractivity contribution is 9.11. The predicted molar refractivity (Wildman–Crippen MR) is 126 cm³/mol. The quantitative estimate of drug-likeness (QED) is 0.496. The molecule has 3 aromatic rings. The molecule has 0 amide bonds. The van der Waals surface area contributed by atoms with Crippen molar-refractivity contribution in [3.8, 4) is 11.5 Å². The van der Waals surface area contributed by atoms with Crippen LogP contribution in [0.2, 0.25) is 0 Å². The van der Waals surface area contributed by atoms with Crippen molar-refractivity contribution >= 4 is 27.3 Å². The number of likely N-dealkylation sites (tertiary alicyclic amines) is 1. The van der Waals surface area contributed by atoms with E-state index in [-0.39, 0.29) is 11.6 Å². The highest BCUT2D eigenvalue weighted by Gasteiger charge is 2.47. The molecule has 2 atom stereocenters. The number of methoxy groups -OCH3 is 2. The van der Waals surface area contributed by atoms with Crippen LogP contribution in [0.15, 0.2) is 34.2 Å².